The van der Waals surface area contributed by atoms with Crippen molar-refractivity contribution in [1.29, 1.82) is 0 Å². The van der Waals surface area contributed by atoms with Gasteiger partial charge in [0, 0.05) is 23.7 Å². The Labute approximate surface area is 95.3 Å². The van der Waals surface area contributed by atoms with Crippen molar-refractivity contribution in [1.82, 2.24) is 5.32 Å². The van der Waals surface area contributed by atoms with E-state index in [1.54, 1.807) is 11.3 Å². The molecule has 3 nitrogen and oxygen atoms in total. The molecule has 1 aromatic rings. The Balaban J connectivity index is 2.05. The lowest BCUT2D eigenvalue weighted by atomic mass is 10.1. The van der Waals surface area contributed by atoms with E-state index >= 15 is 0 Å². The van der Waals surface area contributed by atoms with E-state index in [1.807, 2.05) is 11.4 Å². The molecule has 1 rings (SSSR count). The van der Waals surface area contributed by atoms with Crippen LogP contribution in [0.5, 0.6) is 0 Å². The summed E-state index contributed by atoms with van der Waals surface area (Å²) in [6, 6.07) is 1.94. The molecular formula is C11H20N2OS. The molecule has 0 bridgehead atoms. The average molecular weight is 228 g/mol. The highest BCUT2D eigenvalue weighted by Gasteiger charge is 2.01. The van der Waals surface area contributed by atoms with E-state index in [0.717, 1.165) is 31.6 Å². The molecule has 86 valence electrons. The van der Waals surface area contributed by atoms with Gasteiger partial charge in [0.1, 0.15) is 0 Å². The highest BCUT2D eigenvalue weighted by Crippen LogP contribution is 2.18. The average Bonchev–Trinajstić information content (AvgIpc) is 2.63. The highest BCUT2D eigenvalue weighted by atomic mass is 32.1. The van der Waals surface area contributed by atoms with Crippen molar-refractivity contribution in [3.05, 3.63) is 16.3 Å². The first-order valence-corrected chi connectivity index (χ1v) is 6.25. The van der Waals surface area contributed by atoms with Gasteiger partial charge in [0.2, 0.25) is 0 Å². The smallest absolute Gasteiger partial charge is 0.0468 e. The molecule has 0 aromatic carbocycles. The first-order chi connectivity index (χ1) is 7.24. The third-order valence-corrected chi connectivity index (χ3v) is 3.36. The zero-order chi connectivity index (χ0) is 11.1. The SMILES string of the molecule is CC(CO)CCCNCc1sccc1N. The molecule has 1 aromatic heterocycles. The Morgan fingerprint density at radius 2 is 2.40 bits per heavy atom. The molecule has 4 heteroatoms. The van der Waals surface area contributed by atoms with Crippen LogP contribution in [-0.2, 0) is 6.54 Å². The molecule has 1 heterocycles. The second-order valence-electron chi connectivity index (χ2n) is 3.91. The summed E-state index contributed by atoms with van der Waals surface area (Å²) in [5.74, 6) is 0.415. The van der Waals surface area contributed by atoms with Gasteiger partial charge in [-0.2, -0.15) is 0 Å². The van der Waals surface area contributed by atoms with Gasteiger partial charge >= 0.3 is 0 Å². The minimum atomic E-state index is 0.290. The van der Waals surface area contributed by atoms with Crippen LogP contribution < -0.4 is 11.1 Å². The standard InChI is InChI=1S/C11H20N2OS/c1-9(8-14)3-2-5-13-7-11-10(12)4-6-15-11/h4,6,9,13-14H,2-3,5,7-8,12H2,1H3. The molecule has 0 amide bonds. The maximum Gasteiger partial charge on any atom is 0.0468 e. The van der Waals surface area contributed by atoms with E-state index in [1.165, 1.54) is 4.88 Å². The lowest BCUT2D eigenvalue weighted by Gasteiger charge is -2.07. The Hall–Kier alpha value is -0.580. The number of aliphatic hydroxyl groups excluding tert-OH is 1. The molecule has 0 spiro atoms. The summed E-state index contributed by atoms with van der Waals surface area (Å²) >= 11 is 1.69. The Morgan fingerprint density at radius 1 is 1.60 bits per heavy atom. The van der Waals surface area contributed by atoms with Gasteiger partial charge in [0.25, 0.3) is 0 Å². The van der Waals surface area contributed by atoms with Crippen LogP contribution in [0, 0.1) is 5.92 Å². The zero-order valence-electron chi connectivity index (χ0n) is 9.20. The van der Waals surface area contributed by atoms with Crippen molar-refractivity contribution in [3.8, 4) is 0 Å². The van der Waals surface area contributed by atoms with Crippen LogP contribution in [0.3, 0.4) is 0 Å². The largest absolute Gasteiger partial charge is 0.398 e. The first kappa shape index (κ1) is 12.5. The van der Waals surface area contributed by atoms with Crippen LogP contribution in [0.15, 0.2) is 11.4 Å². The molecule has 1 unspecified atom stereocenters. The fraction of sp³-hybridized carbons (Fsp3) is 0.636. The molecule has 0 aliphatic heterocycles. The van der Waals surface area contributed by atoms with Gasteiger partial charge in [-0.1, -0.05) is 6.92 Å². The van der Waals surface area contributed by atoms with Crippen molar-refractivity contribution in [2.75, 3.05) is 18.9 Å². The summed E-state index contributed by atoms with van der Waals surface area (Å²) in [4.78, 5) is 1.21. The molecule has 0 fully saturated rings. The number of thiophene rings is 1. The van der Waals surface area contributed by atoms with Crippen molar-refractivity contribution < 1.29 is 5.11 Å². The van der Waals surface area contributed by atoms with Gasteiger partial charge in [-0.05, 0) is 36.8 Å². The van der Waals surface area contributed by atoms with E-state index in [-0.39, 0.29) is 6.61 Å². The third kappa shape index (κ3) is 4.64. The Kier molecular flexibility index (Phi) is 5.68. The summed E-state index contributed by atoms with van der Waals surface area (Å²) in [6.45, 7) is 4.20. The second-order valence-corrected chi connectivity index (χ2v) is 4.91. The summed E-state index contributed by atoms with van der Waals surface area (Å²) in [7, 11) is 0. The van der Waals surface area contributed by atoms with Gasteiger partial charge in [-0.15, -0.1) is 11.3 Å². The number of nitrogen functional groups attached to an aromatic ring is 1. The first-order valence-electron chi connectivity index (χ1n) is 5.37. The Bertz CT molecular complexity index is 275. The monoisotopic (exact) mass is 228 g/mol. The summed E-state index contributed by atoms with van der Waals surface area (Å²) in [6.07, 6.45) is 2.18. The number of aliphatic hydroxyl groups is 1. The minimum Gasteiger partial charge on any atom is -0.398 e. The van der Waals surface area contributed by atoms with Crippen LogP contribution in [-0.4, -0.2) is 18.3 Å². The van der Waals surface area contributed by atoms with Crippen LogP contribution in [0.2, 0.25) is 0 Å². The van der Waals surface area contributed by atoms with E-state index in [2.05, 4.69) is 12.2 Å². The number of anilines is 1. The lowest BCUT2D eigenvalue weighted by Crippen LogP contribution is -2.15. The van der Waals surface area contributed by atoms with E-state index in [4.69, 9.17) is 10.8 Å². The minimum absolute atomic E-state index is 0.290. The van der Waals surface area contributed by atoms with Crippen LogP contribution in [0.1, 0.15) is 24.6 Å². The Morgan fingerprint density at radius 3 is 3.00 bits per heavy atom. The molecule has 0 saturated carbocycles. The second kappa shape index (κ2) is 6.82. The molecule has 0 radical (unpaired) electrons. The van der Waals surface area contributed by atoms with Crippen molar-refractivity contribution >= 4 is 17.0 Å². The summed E-state index contributed by atoms with van der Waals surface area (Å²) < 4.78 is 0. The molecule has 0 saturated heterocycles. The summed E-state index contributed by atoms with van der Waals surface area (Å²) in [5.41, 5.74) is 6.65. The van der Waals surface area contributed by atoms with Gasteiger partial charge < -0.3 is 16.2 Å². The molecule has 0 aliphatic rings. The lowest BCUT2D eigenvalue weighted by molar-refractivity contribution is 0.228. The van der Waals surface area contributed by atoms with Crippen molar-refractivity contribution in [2.24, 2.45) is 5.92 Å². The normalized spacial score (nSPS) is 12.9. The highest BCUT2D eigenvalue weighted by molar-refractivity contribution is 7.10. The quantitative estimate of drug-likeness (QED) is 0.624. The number of nitrogens with one attached hydrogen (secondary N) is 1. The van der Waals surface area contributed by atoms with Crippen LogP contribution in [0.4, 0.5) is 5.69 Å². The topological polar surface area (TPSA) is 58.3 Å². The molecule has 15 heavy (non-hydrogen) atoms. The predicted molar refractivity (Wildman–Crippen MR) is 65.9 cm³/mol. The number of nitrogens with two attached hydrogens (primary N) is 1. The molecule has 0 aliphatic carbocycles. The zero-order valence-corrected chi connectivity index (χ0v) is 10.0. The van der Waals surface area contributed by atoms with Crippen LogP contribution in [0.25, 0.3) is 0 Å². The maximum atomic E-state index is 8.84. The number of hydrogen-bond donors (Lipinski definition) is 3. The number of hydrogen-bond acceptors (Lipinski definition) is 4. The van der Waals surface area contributed by atoms with Crippen LogP contribution >= 0.6 is 11.3 Å². The van der Waals surface area contributed by atoms with Gasteiger partial charge in [-0.3, -0.25) is 0 Å². The molecular weight excluding hydrogens is 208 g/mol. The van der Waals surface area contributed by atoms with Crippen molar-refractivity contribution in [3.63, 3.8) is 0 Å². The van der Waals surface area contributed by atoms with Gasteiger partial charge in [0.05, 0.1) is 0 Å². The van der Waals surface area contributed by atoms with E-state index in [0.29, 0.717) is 5.92 Å². The summed E-state index contributed by atoms with van der Waals surface area (Å²) in [5, 5.41) is 14.2. The van der Waals surface area contributed by atoms with Gasteiger partial charge in [0.15, 0.2) is 0 Å². The maximum absolute atomic E-state index is 8.84. The van der Waals surface area contributed by atoms with Crippen molar-refractivity contribution in [2.45, 2.75) is 26.3 Å². The fourth-order valence-corrected chi connectivity index (χ4v) is 2.13. The molecule has 4 N–H and O–H groups in total. The van der Waals surface area contributed by atoms with E-state index in [9.17, 15) is 0 Å². The van der Waals surface area contributed by atoms with E-state index < -0.39 is 0 Å². The number of rotatable bonds is 7. The van der Waals surface area contributed by atoms with Gasteiger partial charge in [-0.25, -0.2) is 0 Å². The fourth-order valence-electron chi connectivity index (χ4n) is 1.36. The predicted octanol–water partition coefficient (Wildman–Crippen LogP) is 1.83. The molecule has 1 atom stereocenters. The third-order valence-electron chi connectivity index (χ3n) is 2.43.